The molecule has 1 fully saturated rings. The van der Waals surface area contributed by atoms with Crippen LogP contribution in [0.5, 0.6) is 0 Å². The SMILES string of the molecule is CN1CCN(CC(=O)c2cccc3c2Cc2ccccc2C(=O)N3)CC1. The third-order valence-electron chi connectivity index (χ3n) is 5.32. The molecule has 0 aliphatic carbocycles. The van der Waals surface area contributed by atoms with Crippen molar-refractivity contribution in [3.63, 3.8) is 0 Å². The van der Waals surface area contributed by atoms with Crippen molar-refractivity contribution < 1.29 is 9.59 Å². The van der Waals surface area contributed by atoms with Crippen molar-refractivity contribution >= 4 is 17.4 Å². The number of likely N-dealkylation sites (N-methyl/N-ethyl adjacent to an activating group) is 1. The summed E-state index contributed by atoms with van der Waals surface area (Å²) in [5.41, 5.74) is 4.03. The molecule has 5 nitrogen and oxygen atoms in total. The Labute approximate surface area is 153 Å². The van der Waals surface area contributed by atoms with E-state index in [4.69, 9.17) is 0 Å². The molecule has 2 aromatic rings. The van der Waals surface area contributed by atoms with Gasteiger partial charge >= 0.3 is 0 Å². The average molecular weight is 349 g/mol. The Hall–Kier alpha value is -2.50. The van der Waals surface area contributed by atoms with Crippen LogP contribution in [0.15, 0.2) is 42.5 Å². The Morgan fingerprint density at radius 3 is 2.62 bits per heavy atom. The van der Waals surface area contributed by atoms with Gasteiger partial charge in [-0.3, -0.25) is 14.5 Å². The van der Waals surface area contributed by atoms with Crippen LogP contribution in [0.1, 0.15) is 31.8 Å². The first-order valence-corrected chi connectivity index (χ1v) is 9.07. The molecular weight excluding hydrogens is 326 g/mol. The van der Waals surface area contributed by atoms with Gasteiger partial charge in [0.25, 0.3) is 5.91 Å². The van der Waals surface area contributed by atoms with E-state index in [1.807, 2.05) is 42.5 Å². The maximum absolute atomic E-state index is 13.0. The highest BCUT2D eigenvalue weighted by Crippen LogP contribution is 2.29. The predicted molar refractivity (Wildman–Crippen MR) is 102 cm³/mol. The molecule has 2 aliphatic rings. The van der Waals surface area contributed by atoms with Gasteiger partial charge in [0, 0.05) is 49.4 Å². The number of benzene rings is 2. The van der Waals surface area contributed by atoms with Gasteiger partial charge in [0.05, 0.1) is 6.54 Å². The number of piperazine rings is 1. The summed E-state index contributed by atoms with van der Waals surface area (Å²) in [6, 6.07) is 13.2. The molecule has 1 amide bonds. The van der Waals surface area contributed by atoms with Crippen molar-refractivity contribution in [3.05, 3.63) is 64.7 Å². The van der Waals surface area contributed by atoms with E-state index in [0.717, 1.165) is 48.6 Å². The predicted octanol–water partition coefficient (Wildman–Crippen LogP) is 2.27. The van der Waals surface area contributed by atoms with Gasteiger partial charge in [0.1, 0.15) is 0 Å². The van der Waals surface area contributed by atoms with Crippen LogP contribution in [0.3, 0.4) is 0 Å². The molecule has 0 atom stereocenters. The van der Waals surface area contributed by atoms with Gasteiger partial charge in [-0.25, -0.2) is 0 Å². The number of hydrogen-bond acceptors (Lipinski definition) is 4. The maximum Gasteiger partial charge on any atom is 0.255 e. The van der Waals surface area contributed by atoms with Gasteiger partial charge in [-0.15, -0.1) is 0 Å². The zero-order valence-corrected chi connectivity index (χ0v) is 15.0. The van der Waals surface area contributed by atoms with Crippen LogP contribution >= 0.6 is 0 Å². The molecular formula is C21H23N3O2. The lowest BCUT2D eigenvalue weighted by molar-refractivity contribution is 0.0875. The second-order valence-corrected chi connectivity index (χ2v) is 7.12. The first kappa shape index (κ1) is 16.9. The number of ketones is 1. The molecule has 0 unspecified atom stereocenters. The Morgan fingerprint density at radius 2 is 1.81 bits per heavy atom. The second kappa shape index (κ2) is 7.02. The quantitative estimate of drug-likeness (QED) is 0.864. The maximum atomic E-state index is 13.0. The fourth-order valence-corrected chi connectivity index (χ4v) is 3.73. The van der Waals surface area contributed by atoms with E-state index >= 15 is 0 Å². The van der Waals surface area contributed by atoms with Crippen molar-refractivity contribution in [2.24, 2.45) is 0 Å². The van der Waals surface area contributed by atoms with Gasteiger partial charge in [0.2, 0.25) is 0 Å². The normalized spacial score (nSPS) is 17.8. The van der Waals surface area contributed by atoms with Crippen molar-refractivity contribution in [1.82, 2.24) is 9.80 Å². The Bertz CT molecular complexity index is 854. The van der Waals surface area contributed by atoms with Crippen LogP contribution in [0.4, 0.5) is 5.69 Å². The van der Waals surface area contributed by atoms with E-state index in [0.29, 0.717) is 18.5 Å². The number of hydrogen-bond donors (Lipinski definition) is 1. The minimum atomic E-state index is -0.108. The van der Waals surface area contributed by atoms with Crippen LogP contribution in [0.2, 0.25) is 0 Å². The molecule has 26 heavy (non-hydrogen) atoms. The fourth-order valence-electron chi connectivity index (χ4n) is 3.73. The van der Waals surface area contributed by atoms with Crippen molar-refractivity contribution in [2.45, 2.75) is 6.42 Å². The van der Waals surface area contributed by atoms with Gasteiger partial charge < -0.3 is 10.2 Å². The highest BCUT2D eigenvalue weighted by atomic mass is 16.1. The summed E-state index contributed by atoms with van der Waals surface area (Å²) >= 11 is 0. The number of fused-ring (bicyclic) bond motifs is 2. The van der Waals surface area contributed by atoms with Crippen molar-refractivity contribution in [1.29, 1.82) is 0 Å². The molecule has 4 rings (SSSR count). The molecule has 0 saturated carbocycles. The number of anilines is 1. The van der Waals surface area contributed by atoms with E-state index in [1.165, 1.54) is 0 Å². The van der Waals surface area contributed by atoms with Crippen LogP contribution in [0.25, 0.3) is 0 Å². The lowest BCUT2D eigenvalue weighted by Gasteiger charge is -2.31. The minimum Gasteiger partial charge on any atom is -0.322 e. The molecule has 0 bridgehead atoms. The first-order chi connectivity index (χ1) is 12.6. The topological polar surface area (TPSA) is 52.7 Å². The van der Waals surface area contributed by atoms with E-state index in [-0.39, 0.29) is 11.7 Å². The van der Waals surface area contributed by atoms with E-state index < -0.39 is 0 Å². The highest BCUT2D eigenvalue weighted by molar-refractivity contribution is 6.08. The molecule has 1 saturated heterocycles. The first-order valence-electron chi connectivity index (χ1n) is 9.07. The molecule has 2 aromatic carbocycles. The standard InChI is InChI=1S/C21H23N3O2/c1-23-9-11-24(12-10-23)14-20(25)17-7-4-8-19-18(17)13-15-5-2-3-6-16(15)21(26)22-19/h2-8H,9-14H2,1H3,(H,22,26). The van der Waals surface area contributed by atoms with Crippen LogP contribution in [-0.4, -0.2) is 61.3 Å². The molecule has 0 aromatic heterocycles. The summed E-state index contributed by atoms with van der Waals surface area (Å²) in [6.07, 6.45) is 0.592. The Morgan fingerprint density at radius 1 is 1.04 bits per heavy atom. The fraction of sp³-hybridized carbons (Fsp3) is 0.333. The number of rotatable bonds is 3. The van der Waals surface area contributed by atoms with Gasteiger partial charge in [-0.2, -0.15) is 0 Å². The zero-order valence-electron chi connectivity index (χ0n) is 15.0. The number of nitrogens with one attached hydrogen (secondary N) is 1. The number of carbonyl (C=O) groups is 2. The monoisotopic (exact) mass is 349 g/mol. The van der Waals surface area contributed by atoms with Crippen molar-refractivity contribution in [3.8, 4) is 0 Å². The summed E-state index contributed by atoms with van der Waals surface area (Å²) in [4.78, 5) is 30.0. The van der Waals surface area contributed by atoms with Gasteiger partial charge in [-0.05, 0) is 30.3 Å². The van der Waals surface area contributed by atoms with E-state index in [1.54, 1.807) is 0 Å². The summed E-state index contributed by atoms with van der Waals surface area (Å²) in [6.45, 7) is 4.24. The van der Waals surface area contributed by atoms with E-state index in [9.17, 15) is 9.59 Å². The molecule has 0 radical (unpaired) electrons. The molecule has 134 valence electrons. The van der Waals surface area contributed by atoms with E-state index in [2.05, 4.69) is 22.2 Å². The summed E-state index contributed by atoms with van der Waals surface area (Å²) in [7, 11) is 2.11. The average Bonchev–Trinajstić information content (AvgIpc) is 2.79. The van der Waals surface area contributed by atoms with Gasteiger partial charge in [0.15, 0.2) is 5.78 Å². The lowest BCUT2D eigenvalue weighted by atomic mass is 9.94. The lowest BCUT2D eigenvalue weighted by Crippen LogP contribution is -2.46. The zero-order chi connectivity index (χ0) is 18.1. The molecule has 1 N–H and O–H groups in total. The van der Waals surface area contributed by atoms with Crippen LogP contribution in [0, 0.1) is 0 Å². The Kier molecular flexibility index (Phi) is 4.57. The number of amides is 1. The molecule has 2 heterocycles. The largest absolute Gasteiger partial charge is 0.322 e. The number of nitrogens with zero attached hydrogens (tertiary/aromatic N) is 2. The van der Waals surface area contributed by atoms with Crippen LogP contribution in [-0.2, 0) is 6.42 Å². The second-order valence-electron chi connectivity index (χ2n) is 7.12. The number of carbonyl (C=O) groups excluding carboxylic acids is 2. The summed E-state index contributed by atoms with van der Waals surface area (Å²) in [5, 5.41) is 2.97. The highest BCUT2D eigenvalue weighted by Gasteiger charge is 2.24. The van der Waals surface area contributed by atoms with Gasteiger partial charge in [-0.1, -0.05) is 30.3 Å². The third-order valence-corrected chi connectivity index (χ3v) is 5.32. The molecule has 5 heteroatoms. The van der Waals surface area contributed by atoms with Crippen LogP contribution < -0.4 is 5.32 Å². The molecule has 0 spiro atoms. The smallest absolute Gasteiger partial charge is 0.255 e. The van der Waals surface area contributed by atoms with Crippen molar-refractivity contribution in [2.75, 3.05) is 45.1 Å². The third kappa shape index (κ3) is 3.28. The summed E-state index contributed by atoms with van der Waals surface area (Å²) in [5.74, 6) is 0.0167. The molecule has 2 aliphatic heterocycles. The Balaban J connectivity index is 1.63. The minimum absolute atomic E-state index is 0.108. The number of Topliss-reactive ketones (excluding diaryl/α,β-unsaturated/α-hetero) is 1. The summed E-state index contributed by atoms with van der Waals surface area (Å²) < 4.78 is 0.